The van der Waals surface area contributed by atoms with Gasteiger partial charge in [0.05, 0.1) is 0 Å². The van der Waals surface area contributed by atoms with Crippen molar-refractivity contribution in [3.05, 3.63) is 29.8 Å². The van der Waals surface area contributed by atoms with Crippen LogP contribution in [-0.4, -0.2) is 55.2 Å². The molecule has 170 valence electrons. The molecule has 0 radical (unpaired) electrons. The number of ether oxygens (including phenoxy) is 2. The molecule has 0 bridgehead atoms. The highest BCUT2D eigenvalue weighted by atomic mass is 16.5. The number of para-hydroxylation sites is 1. The maximum absolute atomic E-state index is 12.9. The van der Waals surface area contributed by atoms with Crippen LogP contribution >= 0.6 is 0 Å². The van der Waals surface area contributed by atoms with Gasteiger partial charge in [-0.05, 0) is 36.8 Å². The van der Waals surface area contributed by atoms with Crippen molar-refractivity contribution < 1.29 is 19.1 Å². The minimum Gasteiger partial charge on any atom is -0.487 e. The number of benzene rings is 1. The molecule has 1 aromatic carbocycles. The zero-order valence-corrected chi connectivity index (χ0v) is 18.9. The third-order valence-electron chi connectivity index (χ3n) is 7.00. The zero-order chi connectivity index (χ0) is 21.8. The maximum atomic E-state index is 12.9. The molecule has 6 nitrogen and oxygen atoms in total. The molecular formula is C25H36N2O4. The van der Waals surface area contributed by atoms with Crippen LogP contribution in [0.3, 0.4) is 0 Å². The zero-order valence-electron chi connectivity index (χ0n) is 18.9. The number of rotatable bonds is 5. The highest BCUT2D eigenvalue weighted by Crippen LogP contribution is 2.46. The maximum Gasteiger partial charge on any atom is 0.225 e. The Morgan fingerprint density at radius 3 is 2.58 bits per heavy atom. The number of piperidine rings is 1. The second-order valence-electron chi connectivity index (χ2n) is 9.84. The van der Waals surface area contributed by atoms with Crippen LogP contribution in [0.15, 0.2) is 24.3 Å². The molecule has 3 heterocycles. The average Bonchev–Trinajstić information content (AvgIpc) is 2.78. The quantitative estimate of drug-likeness (QED) is 0.779. The lowest BCUT2D eigenvalue weighted by atomic mass is 9.76. The number of fused-ring (bicyclic) bond motifs is 1. The van der Waals surface area contributed by atoms with E-state index in [0.717, 1.165) is 56.5 Å². The summed E-state index contributed by atoms with van der Waals surface area (Å²) in [6, 6.07) is 8.13. The molecule has 1 unspecified atom stereocenters. The molecule has 2 saturated heterocycles. The van der Waals surface area contributed by atoms with E-state index < -0.39 is 0 Å². The van der Waals surface area contributed by atoms with E-state index in [9.17, 15) is 9.59 Å². The molecule has 6 heteroatoms. The number of hydrogen-bond acceptors (Lipinski definition) is 4. The molecule has 0 aliphatic carbocycles. The van der Waals surface area contributed by atoms with E-state index >= 15 is 0 Å². The van der Waals surface area contributed by atoms with Gasteiger partial charge in [-0.25, -0.2) is 0 Å². The van der Waals surface area contributed by atoms with Crippen LogP contribution in [0, 0.1) is 11.8 Å². The molecule has 31 heavy (non-hydrogen) atoms. The first-order chi connectivity index (χ1) is 15.0. The number of carbonyl (C=O) groups is 2. The number of carbonyl (C=O) groups excluding carboxylic acids is 2. The summed E-state index contributed by atoms with van der Waals surface area (Å²) in [7, 11) is 0. The third kappa shape index (κ3) is 5.22. The lowest BCUT2D eigenvalue weighted by molar-refractivity contribution is -0.142. The van der Waals surface area contributed by atoms with E-state index in [2.05, 4.69) is 25.2 Å². The predicted molar refractivity (Wildman–Crippen MR) is 119 cm³/mol. The summed E-state index contributed by atoms with van der Waals surface area (Å²) in [5.74, 6) is 1.98. The minimum atomic E-state index is -0.288. The van der Waals surface area contributed by atoms with Gasteiger partial charge in [0, 0.05) is 63.9 Å². The fourth-order valence-corrected chi connectivity index (χ4v) is 5.18. The number of amides is 2. The summed E-state index contributed by atoms with van der Waals surface area (Å²) in [6.07, 6.45) is 4.62. The molecule has 1 atom stereocenters. The van der Waals surface area contributed by atoms with Crippen molar-refractivity contribution in [2.24, 2.45) is 11.8 Å². The Bertz CT molecular complexity index is 779. The van der Waals surface area contributed by atoms with Crippen molar-refractivity contribution in [2.45, 2.75) is 63.9 Å². The SMILES string of the molecule is CC(C)CNC(=O)CC1CC2(CCN(C(=O)C3CCOCC3)CC2)Oc2ccccc21. The fraction of sp³-hybridized carbons (Fsp3) is 0.680. The van der Waals surface area contributed by atoms with E-state index in [1.165, 1.54) is 0 Å². The summed E-state index contributed by atoms with van der Waals surface area (Å²) in [5, 5.41) is 3.07. The van der Waals surface area contributed by atoms with Gasteiger partial charge >= 0.3 is 0 Å². The minimum absolute atomic E-state index is 0.105. The van der Waals surface area contributed by atoms with Gasteiger partial charge in [0.1, 0.15) is 11.4 Å². The Hall–Kier alpha value is -2.08. The first kappa shape index (κ1) is 22.1. The van der Waals surface area contributed by atoms with Gasteiger partial charge in [0.15, 0.2) is 0 Å². The molecule has 1 spiro atoms. The van der Waals surface area contributed by atoms with E-state index in [1.54, 1.807) is 0 Å². The molecule has 1 N–H and O–H groups in total. The van der Waals surface area contributed by atoms with E-state index in [0.29, 0.717) is 32.1 Å². The van der Waals surface area contributed by atoms with Gasteiger partial charge in [0.2, 0.25) is 11.8 Å². The first-order valence-corrected chi connectivity index (χ1v) is 11.9. The van der Waals surface area contributed by atoms with Crippen LogP contribution in [0.4, 0.5) is 0 Å². The van der Waals surface area contributed by atoms with Crippen molar-refractivity contribution in [2.75, 3.05) is 32.8 Å². The highest BCUT2D eigenvalue weighted by Gasteiger charge is 2.44. The second-order valence-corrected chi connectivity index (χ2v) is 9.84. The van der Waals surface area contributed by atoms with Crippen molar-refractivity contribution >= 4 is 11.8 Å². The molecule has 0 aromatic heterocycles. The Kier molecular flexibility index (Phi) is 6.85. The van der Waals surface area contributed by atoms with Gasteiger partial charge in [-0.2, -0.15) is 0 Å². The van der Waals surface area contributed by atoms with Crippen molar-refractivity contribution in [3.63, 3.8) is 0 Å². The Morgan fingerprint density at radius 1 is 1.16 bits per heavy atom. The molecular weight excluding hydrogens is 392 g/mol. The van der Waals surface area contributed by atoms with Crippen molar-refractivity contribution in [1.82, 2.24) is 10.2 Å². The molecule has 2 fully saturated rings. The van der Waals surface area contributed by atoms with Crippen LogP contribution in [0.5, 0.6) is 5.75 Å². The van der Waals surface area contributed by atoms with Gasteiger partial charge in [-0.15, -0.1) is 0 Å². The summed E-state index contributed by atoms with van der Waals surface area (Å²) in [4.78, 5) is 27.6. The highest BCUT2D eigenvalue weighted by molar-refractivity contribution is 5.79. The molecule has 3 aliphatic rings. The second kappa shape index (κ2) is 9.60. The molecule has 4 rings (SSSR count). The number of nitrogens with zero attached hydrogens (tertiary/aromatic N) is 1. The van der Waals surface area contributed by atoms with Crippen molar-refractivity contribution in [1.29, 1.82) is 0 Å². The summed E-state index contributed by atoms with van der Waals surface area (Å²) in [6.45, 7) is 7.75. The van der Waals surface area contributed by atoms with E-state index in [-0.39, 0.29) is 29.3 Å². The number of likely N-dealkylation sites (tertiary alicyclic amines) is 1. The smallest absolute Gasteiger partial charge is 0.225 e. The molecule has 0 saturated carbocycles. The van der Waals surface area contributed by atoms with E-state index in [4.69, 9.17) is 9.47 Å². The van der Waals surface area contributed by atoms with Crippen LogP contribution < -0.4 is 10.1 Å². The largest absolute Gasteiger partial charge is 0.487 e. The molecule has 3 aliphatic heterocycles. The average molecular weight is 429 g/mol. The first-order valence-electron chi connectivity index (χ1n) is 11.9. The van der Waals surface area contributed by atoms with Crippen LogP contribution in [-0.2, 0) is 14.3 Å². The van der Waals surface area contributed by atoms with Crippen LogP contribution in [0.25, 0.3) is 0 Å². The lowest BCUT2D eigenvalue weighted by Gasteiger charge is -2.47. The fourth-order valence-electron chi connectivity index (χ4n) is 5.18. The van der Waals surface area contributed by atoms with Crippen molar-refractivity contribution in [3.8, 4) is 5.75 Å². The third-order valence-corrected chi connectivity index (χ3v) is 7.00. The molecule has 2 amide bonds. The molecule has 1 aromatic rings. The Labute approximate surface area is 185 Å². The van der Waals surface area contributed by atoms with E-state index in [1.807, 2.05) is 23.1 Å². The Morgan fingerprint density at radius 2 is 1.87 bits per heavy atom. The van der Waals surface area contributed by atoms with Crippen LogP contribution in [0.2, 0.25) is 0 Å². The summed E-state index contributed by atoms with van der Waals surface area (Å²) < 4.78 is 12.0. The van der Waals surface area contributed by atoms with Crippen LogP contribution in [0.1, 0.15) is 63.9 Å². The van der Waals surface area contributed by atoms with Gasteiger partial charge in [0.25, 0.3) is 0 Å². The number of hydrogen-bond donors (Lipinski definition) is 1. The Balaban J connectivity index is 1.42. The lowest BCUT2D eigenvalue weighted by Crippen LogP contribution is -2.53. The van der Waals surface area contributed by atoms with Gasteiger partial charge < -0.3 is 19.7 Å². The monoisotopic (exact) mass is 428 g/mol. The predicted octanol–water partition coefficient (Wildman–Crippen LogP) is 3.50. The van der Waals surface area contributed by atoms with Gasteiger partial charge in [-0.1, -0.05) is 32.0 Å². The topological polar surface area (TPSA) is 67.9 Å². The summed E-state index contributed by atoms with van der Waals surface area (Å²) in [5.41, 5.74) is 0.845. The normalized spacial score (nSPS) is 23.3. The number of nitrogens with one attached hydrogen (secondary N) is 1. The summed E-state index contributed by atoms with van der Waals surface area (Å²) >= 11 is 0. The van der Waals surface area contributed by atoms with Gasteiger partial charge in [-0.3, -0.25) is 9.59 Å². The standard InChI is InChI=1S/C25H36N2O4/c1-18(2)17-26-23(28)15-20-16-25(31-22-6-4-3-5-21(20)22)9-11-27(12-10-25)24(29)19-7-13-30-14-8-19/h3-6,18-20H,7-17H2,1-2H3,(H,26,28).